The molecule has 0 unspecified atom stereocenters. The summed E-state index contributed by atoms with van der Waals surface area (Å²) >= 11 is 12.3. The molecule has 0 bridgehead atoms. The Morgan fingerprint density at radius 1 is 0.958 bits per heavy atom. The van der Waals surface area contributed by atoms with Gasteiger partial charge in [-0.05, 0) is 24.3 Å². The van der Waals surface area contributed by atoms with E-state index in [0.29, 0.717) is 10.0 Å². The van der Waals surface area contributed by atoms with Crippen molar-refractivity contribution in [3.05, 3.63) is 58.1 Å². The summed E-state index contributed by atoms with van der Waals surface area (Å²) < 4.78 is 5.44. The van der Waals surface area contributed by atoms with E-state index in [2.05, 4.69) is 16.1 Å². The Balaban J connectivity index is 1.64. The van der Waals surface area contributed by atoms with Crippen LogP contribution in [0.25, 0.3) is 0 Å². The molecule has 0 amide bonds. The minimum Gasteiger partial charge on any atom is -0.495 e. The van der Waals surface area contributed by atoms with E-state index in [1.807, 2.05) is 41.4 Å². The van der Waals surface area contributed by atoms with Crippen molar-refractivity contribution in [1.29, 1.82) is 0 Å². The van der Waals surface area contributed by atoms with Crippen molar-refractivity contribution in [2.45, 2.75) is 0 Å². The van der Waals surface area contributed by atoms with Gasteiger partial charge in [0.1, 0.15) is 5.75 Å². The summed E-state index contributed by atoms with van der Waals surface area (Å²) in [5.41, 5.74) is 1.88. The molecule has 0 radical (unpaired) electrons. The summed E-state index contributed by atoms with van der Waals surface area (Å²) in [6.45, 7) is 3.43. The molecule has 0 spiro atoms. The lowest BCUT2D eigenvalue weighted by Gasteiger charge is -2.35. The Hall–Kier alpha value is -1.91. The summed E-state index contributed by atoms with van der Waals surface area (Å²) in [6, 6.07) is 13.5. The van der Waals surface area contributed by atoms with Gasteiger partial charge < -0.3 is 9.64 Å². The molecule has 1 saturated heterocycles. The number of anilines is 1. The highest BCUT2D eigenvalue weighted by atomic mass is 35.5. The number of halogens is 2. The third-order valence-corrected chi connectivity index (χ3v) is 4.69. The maximum atomic E-state index is 6.17. The molecule has 1 heterocycles. The second kappa shape index (κ2) is 7.77. The van der Waals surface area contributed by atoms with Gasteiger partial charge in [0.15, 0.2) is 0 Å². The predicted molar refractivity (Wildman–Crippen MR) is 101 cm³/mol. The molecule has 4 nitrogen and oxygen atoms in total. The topological polar surface area (TPSA) is 28.1 Å². The molecule has 1 aliphatic rings. The Labute approximate surface area is 152 Å². The van der Waals surface area contributed by atoms with E-state index < -0.39 is 0 Å². The van der Waals surface area contributed by atoms with Crippen molar-refractivity contribution >= 4 is 35.1 Å². The molecule has 0 saturated carbocycles. The number of piperazine rings is 1. The van der Waals surface area contributed by atoms with Crippen LogP contribution in [0.2, 0.25) is 10.0 Å². The minimum absolute atomic E-state index is 0.610. The number of benzene rings is 2. The Morgan fingerprint density at radius 3 is 2.29 bits per heavy atom. The van der Waals surface area contributed by atoms with Gasteiger partial charge in [-0.25, -0.2) is 0 Å². The fourth-order valence-electron chi connectivity index (χ4n) is 2.72. The number of ether oxygens (including phenoxy) is 1. The zero-order valence-electron chi connectivity index (χ0n) is 13.5. The van der Waals surface area contributed by atoms with Crippen molar-refractivity contribution in [2.24, 2.45) is 5.10 Å². The van der Waals surface area contributed by atoms with Gasteiger partial charge in [-0.2, -0.15) is 5.10 Å². The Morgan fingerprint density at radius 2 is 1.62 bits per heavy atom. The van der Waals surface area contributed by atoms with Gasteiger partial charge in [0.05, 0.1) is 42.1 Å². The van der Waals surface area contributed by atoms with E-state index >= 15 is 0 Å². The van der Waals surface area contributed by atoms with Crippen LogP contribution in [0.4, 0.5) is 5.69 Å². The SMILES string of the molecule is COc1ccccc1N1CCN(/N=C\c2c(Cl)cccc2Cl)CC1. The first-order chi connectivity index (χ1) is 11.7. The van der Waals surface area contributed by atoms with E-state index in [4.69, 9.17) is 27.9 Å². The first kappa shape index (κ1) is 16.9. The summed E-state index contributed by atoms with van der Waals surface area (Å²) in [6.07, 6.45) is 1.74. The lowest BCUT2D eigenvalue weighted by atomic mass is 10.2. The van der Waals surface area contributed by atoms with E-state index in [1.54, 1.807) is 13.3 Å². The van der Waals surface area contributed by atoms with E-state index in [1.165, 1.54) is 0 Å². The summed E-state index contributed by atoms with van der Waals surface area (Å²) in [4.78, 5) is 2.31. The van der Waals surface area contributed by atoms with Gasteiger partial charge in [0.2, 0.25) is 0 Å². The molecule has 0 aliphatic carbocycles. The number of nitrogens with zero attached hydrogens (tertiary/aromatic N) is 3. The molecule has 0 N–H and O–H groups in total. The first-order valence-corrected chi connectivity index (χ1v) is 8.55. The fraction of sp³-hybridized carbons (Fsp3) is 0.278. The molecule has 3 rings (SSSR count). The molecule has 1 aliphatic heterocycles. The van der Waals surface area contributed by atoms with Crippen molar-refractivity contribution in [2.75, 3.05) is 38.2 Å². The van der Waals surface area contributed by atoms with Gasteiger partial charge in [0, 0.05) is 18.7 Å². The number of hydrazone groups is 1. The zero-order valence-corrected chi connectivity index (χ0v) is 15.0. The minimum atomic E-state index is 0.610. The molecule has 0 aromatic heterocycles. The fourth-order valence-corrected chi connectivity index (χ4v) is 3.21. The molecular formula is C18H19Cl2N3O. The quantitative estimate of drug-likeness (QED) is 0.763. The maximum Gasteiger partial charge on any atom is 0.142 e. The van der Waals surface area contributed by atoms with Crippen LogP contribution < -0.4 is 9.64 Å². The third-order valence-electron chi connectivity index (χ3n) is 4.03. The van der Waals surface area contributed by atoms with Gasteiger partial charge in [-0.3, -0.25) is 5.01 Å². The van der Waals surface area contributed by atoms with Crippen LogP contribution in [0.1, 0.15) is 5.56 Å². The molecule has 0 atom stereocenters. The highest BCUT2D eigenvalue weighted by Crippen LogP contribution is 2.28. The van der Waals surface area contributed by atoms with Crippen LogP contribution in [0.15, 0.2) is 47.6 Å². The average Bonchev–Trinajstić information content (AvgIpc) is 2.62. The van der Waals surface area contributed by atoms with Crippen LogP contribution in [0.3, 0.4) is 0 Å². The number of para-hydroxylation sites is 2. The summed E-state index contributed by atoms with van der Waals surface area (Å²) in [5, 5.41) is 7.78. The smallest absolute Gasteiger partial charge is 0.142 e. The van der Waals surface area contributed by atoms with Crippen LogP contribution in [-0.4, -0.2) is 44.5 Å². The number of rotatable bonds is 4. The second-order valence-corrected chi connectivity index (χ2v) is 6.31. The first-order valence-electron chi connectivity index (χ1n) is 7.80. The average molecular weight is 364 g/mol. The van der Waals surface area contributed by atoms with Crippen molar-refractivity contribution in [3.8, 4) is 5.75 Å². The molecule has 126 valence electrons. The van der Waals surface area contributed by atoms with E-state index in [-0.39, 0.29) is 0 Å². The van der Waals surface area contributed by atoms with Crippen LogP contribution in [0, 0.1) is 0 Å². The largest absolute Gasteiger partial charge is 0.495 e. The van der Waals surface area contributed by atoms with Crippen LogP contribution in [0.5, 0.6) is 5.75 Å². The molecule has 1 fully saturated rings. The van der Waals surface area contributed by atoms with Crippen LogP contribution >= 0.6 is 23.2 Å². The van der Waals surface area contributed by atoms with E-state index in [9.17, 15) is 0 Å². The molecule has 6 heteroatoms. The van der Waals surface area contributed by atoms with Gasteiger partial charge in [-0.1, -0.05) is 41.4 Å². The van der Waals surface area contributed by atoms with Gasteiger partial charge in [0.25, 0.3) is 0 Å². The Kier molecular flexibility index (Phi) is 5.48. The standard InChI is InChI=1S/C18H19Cl2N3O/c1-24-18-8-3-2-7-17(18)22-9-11-23(12-10-22)21-13-14-15(19)5-4-6-16(14)20/h2-8,13H,9-12H2,1H3/b21-13-. The Bertz CT molecular complexity index is 708. The van der Waals surface area contributed by atoms with Crippen molar-refractivity contribution in [1.82, 2.24) is 5.01 Å². The maximum absolute atomic E-state index is 6.17. The van der Waals surface area contributed by atoms with E-state index in [0.717, 1.165) is 43.2 Å². The third kappa shape index (κ3) is 3.77. The van der Waals surface area contributed by atoms with Gasteiger partial charge in [-0.15, -0.1) is 0 Å². The number of methoxy groups -OCH3 is 1. The molecule has 2 aromatic rings. The lowest BCUT2D eigenvalue weighted by molar-refractivity contribution is 0.271. The predicted octanol–water partition coefficient (Wildman–Crippen LogP) is 4.16. The lowest BCUT2D eigenvalue weighted by Crippen LogP contribution is -2.44. The molecular weight excluding hydrogens is 345 g/mol. The van der Waals surface area contributed by atoms with Crippen molar-refractivity contribution in [3.63, 3.8) is 0 Å². The number of hydrogen-bond donors (Lipinski definition) is 0. The monoisotopic (exact) mass is 363 g/mol. The molecule has 24 heavy (non-hydrogen) atoms. The van der Waals surface area contributed by atoms with Crippen LogP contribution in [-0.2, 0) is 0 Å². The summed E-state index contributed by atoms with van der Waals surface area (Å²) in [5.74, 6) is 0.900. The van der Waals surface area contributed by atoms with Crippen molar-refractivity contribution < 1.29 is 4.74 Å². The summed E-state index contributed by atoms with van der Waals surface area (Å²) in [7, 11) is 1.70. The number of hydrogen-bond acceptors (Lipinski definition) is 4. The highest BCUT2D eigenvalue weighted by Gasteiger charge is 2.18. The zero-order chi connectivity index (χ0) is 16.9. The second-order valence-electron chi connectivity index (χ2n) is 5.49. The highest BCUT2D eigenvalue weighted by molar-refractivity contribution is 6.38. The molecule has 2 aromatic carbocycles. The van der Waals surface area contributed by atoms with Gasteiger partial charge >= 0.3 is 0 Å². The normalized spacial score (nSPS) is 15.1.